The van der Waals surface area contributed by atoms with Gasteiger partial charge in [0, 0.05) is 30.9 Å². The van der Waals surface area contributed by atoms with Crippen LogP contribution in [0.1, 0.15) is 41.4 Å². The molecule has 0 saturated carbocycles. The number of rotatable bonds is 6. The predicted molar refractivity (Wildman–Crippen MR) is 81.2 cm³/mol. The van der Waals surface area contributed by atoms with Crippen LogP contribution in [0.4, 0.5) is 0 Å². The quantitative estimate of drug-likeness (QED) is 0.887. The van der Waals surface area contributed by atoms with Crippen molar-refractivity contribution in [2.75, 3.05) is 7.05 Å². The van der Waals surface area contributed by atoms with Gasteiger partial charge in [0.25, 0.3) is 0 Å². The zero-order chi connectivity index (χ0) is 15.4. The summed E-state index contributed by atoms with van der Waals surface area (Å²) in [5.74, 6) is -0.893. The molecule has 1 aromatic heterocycles. The first-order chi connectivity index (χ1) is 9.95. The summed E-state index contributed by atoms with van der Waals surface area (Å²) in [6, 6.07) is 7.37. The maximum atomic E-state index is 10.8. The van der Waals surface area contributed by atoms with Crippen LogP contribution in [-0.4, -0.2) is 32.8 Å². The van der Waals surface area contributed by atoms with Crippen LogP contribution in [0.2, 0.25) is 0 Å². The van der Waals surface area contributed by atoms with Gasteiger partial charge in [-0.3, -0.25) is 9.58 Å². The van der Waals surface area contributed by atoms with Gasteiger partial charge in [0.15, 0.2) is 0 Å². The van der Waals surface area contributed by atoms with Gasteiger partial charge in [-0.15, -0.1) is 0 Å². The lowest BCUT2D eigenvalue weighted by molar-refractivity contribution is 0.0697. The molecule has 0 aliphatic carbocycles. The van der Waals surface area contributed by atoms with Gasteiger partial charge in [-0.25, -0.2) is 4.79 Å². The van der Waals surface area contributed by atoms with Crippen LogP contribution in [-0.2, 0) is 13.1 Å². The van der Waals surface area contributed by atoms with Crippen molar-refractivity contribution in [3.05, 3.63) is 53.3 Å². The van der Waals surface area contributed by atoms with Crippen molar-refractivity contribution in [2.24, 2.45) is 0 Å². The fraction of sp³-hybridized carbons (Fsp3) is 0.375. The average molecular weight is 287 g/mol. The van der Waals surface area contributed by atoms with Gasteiger partial charge in [0.05, 0.1) is 11.8 Å². The second-order valence-corrected chi connectivity index (χ2v) is 5.60. The van der Waals surface area contributed by atoms with Gasteiger partial charge in [0.2, 0.25) is 0 Å². The summed E-state index contributed by atoms with van der Waals surface area (Å²) in [7, 11) is 2.04. The molecule has 0 aliphatic rings. The molecule has 5 heteroatoms. The molecule has 2 aromatic rings. The molecule has 0 aliphatic heterocycles. The maximum absolute atomic E-state index is 10.8. The van der Waals surface area contributed by atoms with E-state index in [0.29, 0.717) is 11.6 Å². The summed E-state index contributed by atoms with van der Waals surface area (Å²) in [6.45, 7) is 5.79. The van der Waals surface area contributed by atoms with Crippen LogP contribution >= 0.6 is 0 Å². The van der Waals surface area contributed by atoms with E-state index in [1.165, 1.54) is 5.56 Å². The van der Waals surface area contributed by atoms with Crippen molar-refractivity contribution in [3.63, 3.8) is 0 Å². The summed E-state index contributed by atoms with van der Waals surface area (Å²) in [5.41, 5.74) is 2.59. The Kier molecular flexibility index (Phi) is 4.75. The Morgan fingerprint density at radius 3 is 2.38 bits per heavy atom. The lowest BCUT2D eigenvalue weighted by Crippen LogP contribution is -2.17. The number of carbonyl (C=O) groups is 1. The van der Waals surface area contributed by atoms with Crippen molar-refractivity contribution in [2.45, 2.75) is 33.0 Å². The molecule has 21 heavy (non-hydrogen) atoms. The molecular formula is C16H21N3O2. The van der Waals surface area contributed by atoms with Gasteiger partial charge in [-0.05, 0) is 38.6 Å². The number of carboxylic acids is 1. The maximum Gasteiger partial charge on any atom is 0.335 e. The zero-order valence-corrected chi connectivity index (χ0v) is 12.7. The Hall–Kier alpha value is -2.14. The Morgan fingerprint density at radius 1 is 1.24 bits per heavy atom. The third kappa shape index (κ3) is 4.16. The third-order valence-electron chi connectivity index (χ3n) is 3.29. The highest BCUT2D eigenvalue weighted by atomic mass is 16.4. The molecule has 112 valence electrons. The van der Waals surface area contributed by atoms with E-state index in [2.05, 4.69) is 30.0 Å². The number of aromatic carboxylic acids is 1. The fourth-order valence-corrected chi connectivity index (χ4v) is 2.17. The van der Waals surface area contributed by atoms with Crippen LogP contribution in [0, 0.1) is 0 Å². The SMILES string of the molecule is CC(C)n1cc(CN(C)Cc2ccc(C(=O)O)cc2)cn1. The summed E-state index contributed by atoms with van der Waals surface area (Å²) >= 11 is 0. The highest BCUT2D eigenvalue weighted by molar-refractivity contribution is 5.87. The minimum absolute atomic E-state index is 0.319. The molecule has 0 atom stereocenters. The molecular weight excluding hydrogens is 266 g/mol. The van der Waals surface area contributed by atoms with Crippen LogP contribution in [0.3, 0.4) is 0 Å². The monoisotopic (exact) mass is 287 g/mol. The molecule has 0 saturated heterocycles. The molecule has 0 unspecified atom stereocenters. The number of benzene rings is 1. The van der Waals surface area contributed by atoms with Gasteiger partial charge in [0.1, 0.15) is 0 Å². The average Bonchev–Trinajstić information content (AvgIpc) is 2.87. The first-order valence-electron chi connectivity index (χ1n) is 6.99. The van der Waals surface area contributed by atoms with E-state index in [1.54, 1.807) is 12.1 Å². The first kappa shape index (κ1) is 15.3. The third-order valence-corrected chi connectivity index (χ3v) is 3.29. The van der Waals surface area contributed by atoms with E-state index in [4.69, 9.17) is 5.11 Å². The summed E-state index contributed by atoms with van der Waals surface area (Å²) < 4.78 is 1.95. The molecule has 0 fully saturated rings. The minimum atomic E-state index is -0.893. The highest BCUT2D eigenvalue weighted by Crippen LogP contribution is 2.11. The van der Waals surface area contributed by atoms with E-state index in [0.717, 1.165) is 18.7 Å². The Labute approximate surface area is 124 Å². The van der Waals surface area contributed by atoms with E-state index in [-0.39, 0.29) is 0 Å². The molecule has 0 radical (unpaired) electrons. The van der Waals surface area contributed by atoms with Crippen LogP contribution in [0.5, 0.6) is 0 Å². The van der Waals surface area contributed by atoms with Crippen LogP contribution in [0.15, 0.2) is 36.7 Å². The van der Waals surface area contributed by atoms with E-state index >= 15 is 0 Å². The van der Waals surface area contributed by atoms with Crippen molar-refractivity contribution in [3.8, 4) is 0 Å². The number of aromatic nitrogens is 2. The topological polar surface area (TPSA) is 58.4 Å². The largest absolute Gasteiger partial charge is 0.478 e. The normalized spacial score (nSPS) is 11.3. The standard InChI is InChI=1S/C16H21N3O2/c1-12(2)19-11-14(8-17-19)10-18(3)9-13-4-6-15(7-5-13)16(20)21/h4-8,11-12H,9-10H2,1-3H3,(H,20,21). The second-order valence-electron chi connectivity index (χ2n) is 5.60. The zero-order valence-electron chi connectivity index (χ0n) is 12.7. The highest BCUT2D eigenvalue weighted by Gasteiger charge is 2.07. The molecule has 0 spiro atoms. The van der Waals surface area contributed by atoms with Gasteiger partial charge in [-0.1, -0.05) is 12.1 Å². The Morgan fingerprint density at radius 2 is 1.86 bits per heavy atom. The van der Waals surface area contributed by atoms with Crippen molar-refractivity contribution >= 4 is 5.97 Å². The van der Waals surface area contributed by atoms with E-state index in [9.17, 15) is 4.79 Å². The second kappa shape index (κ2) is 6.54. The number of nitrogens with zero attached hydrogens (tertiary/aromatic N) is 3. The molecule has 0 amide bonds. The molecule has 2 rings (SSSR count). The smallest absolute Gasteiger partial charge is 0.335 e. The first-order valence-corrected chi connectivity index (χ1v) is 6.99. The van der Waals surface area contributed by atoms with Crippen molar-refractivity contribution < 1.29 is 9.90 Å². The molecule has 1 aromatic carbocycles. The Balaban J connectivity index is 1.94. The number of hydrogen-bond donors (Lipinski definition) is 1. The summed E-state index contributed by atoms with van der Waals surface area (Å²) in [5, 5.41) is 13.2. The van der Waals surface area contributed by atoms with Crippen molar-refractivity contribution in [1.29, 1.82) is 0 Å². The summed E-state index contributed by atoms with van der Waals surface area (Å²) in [4.78, 5) is 13.0. The van der Waals surface area contributed by atoms with Gasteiger partial charge in [-0.2, -0.15) is 5.10 Å². The van der Waals surface area contributed by atoms with E-state index < -0.39 is 5.97 Å². The minimum Gasteiger partial charge on any atom is -0.478 e. The number of hydrogen-bond acceptors (Lipinski definition) is 3. The molecule has 0 bridgehead atoms. The number of carboxylic acid groups (broad SMARTS) is 1. The van der Waals surface area contributed by atoms with Crippen LogP contribution in [0.25, 0.3) is 0 Å². The van der Waals surface area contributed by atoms with Gasteiger partial charge < -0.3 is 5.11 Å². The lowest BCUT2D eigenvalue weighted by atomic mass is 10.1. The van der Waals surface area contributed by atoms with Gasteiger partial charge >= 0.3 is 5.97 Å². The predicted octanol–water partition coefficient (Wildman–Crippen LogP) is 2.79. The van der Waals surface area contributed by atoms with Crippen molar-refractivity contribution in [1.82, 2.24) is 14.7 Å². The van der Waals surface area contributed by atoms with E-state index in [1.807, 2.05) is 30.1 Å². The molecule has 1 N–H and O–H groups in total. The van der Waals surface area contributed by atoms with Crippen LogP contribution < -0.4 is 0 Å². The summed E-state index contributed by atoms with van der Waals surface area (Å²) in [6.07, 6.45) is 3.96. The Bertz CT molecular complexity index is 602. The molecule has 5 nitrogen and oxygen atoms in total. The lowest BCUT2D eigenvalue weighted by Gasteiger charge is -2.15. The molecule has 1 heterocycles. The fourth-order valence-electron chi connectivity index (χ4n) is 2.17.